The smallest absolute Gasteiger partial charge is 0.257 e. The normalized spacial score (nSPS) is 18.7. The number of aromatic nitrogens is 2. The van der Waals surface area contributed by atoms with Crippen molar-refractivity contribution in [3.05, 3.63) is 53.5 Å². The largest absolute Gasteiger partial charge is 0.418 e. The molecule has 0 saturated carbocycles. The molecule has 1 aromatic carbocycles. The van der Waals surface area contributed by atoms with Crippen LogP contribution in [0.3, 0.4) is 0 Å². The summed E-state index contributed by atoms with van der Waals surface area (Å²) in [5.74, 6) is 0.0514. The fourth-order valence-electron chi connectivity index (χ4n) is 2.91. The van der Waals surface area contributed by atoms with Crippen molar-refractivity contribution in [2.24, 2.45) is 0 Å². The third-order valence-corrected chi connectivity index (χ3v) is 6.83. The van der Waals surface area contributed by atoms with Crippen molar-refractivity contribution in [2.75, 3.05) is 6.54 Å². The molecule has 1 aliphatic rings. The molecular formula is C16H14FN3O3S2. The summed E-state index contributed by atoms with van der Waals surface area (Å²) in [6.45, 7) is 0.334. The van der Waals surface area contributed by atoms with Crippen molar-refractivity contribution in [3.8, 4) is 10.8 Å². The molecule has 0 amide bonds. The zero-order valence-corrected chi connectivity index (χ0v) is 14.6. The highest BCUT2D eigenvalue weighted by atomic mass is 32.2. The van der Waals surface area contributed by atoms with E-state index in [1.54, 1.807) is 0 Å². The van der Waals surface area contributed by atoms with Gasteiger partial charge in [-0.15, -0.1) is 21.5 Å². The van der Waals surface area contributed by atoms with E-state index < -0.39 is 21.9 Å². The first-order valence-electron chi connectivity index (χ1n) is 7.70. The van der Waals surface area contributed by atoms with Crippen molar-refractivity contribution >= 4 is 21.4 Å². The fraction of sp³-hybridized carbons (Fsp3) is 0.250. The van der Waals surface area contributed by atoms with E-state index in [2.05, 4.69) is 10.2 Å². The summed E-state index contributed by atoms with van der Waals surface area (Å²) in [5.41, 5.74) is 0. The zero-order chi connectivity index (χ0) is 17.4. The van der Waals surface area contributed by atoms with Crippen LogP contribution in [0.1, 0.15) is 24.8 Å². The topological polar surface area (TPSA) is 76.3 Å². The average molecular weight is 379 g/mol. The fourth-order valence-corrected chi connectivity index (χ4v) is 5.23. The van der Waals surface area contributed by atoms with Gasteiger partial charge in [0, 0.05) is 6.54 Å². The van der Waals surface area contributed by atoms with Crippen molar-refractivity contribution in [2.45, 2.75) is 23.8 Å². The van der Waals surface area contributed by atoms with Gasteiger partial charge in [-0.3, -0.25) is 0 Å². The predicted octanol–water partition coefficient (Wildman–Crippen LogP) is 3.46. The van der Waals surface area contributed by atoms with Gasteiger partial charge in [0.05, 0.1) is 9.77 Å². The van der Waals surface area contributed by atoms with Gasteiger partial charge in [0.1, 0.15) is 11.9 Å². The Kier molecular flexibility index (Phi) is 4.14. The number of halogens is 1. The molecule has 4 rings (SSSR count). The molecule has 0 bridgehead atoms. The molecule has 2 aromatic heterocycles. The lowest BCUT2D eigenvalue weighted by Crippen LogP contribution is -2.31. The molecule has 3 heterocycles. The number of hydrogen-bond acceptors (Lipinski definition) is 6. The number of sulfonamides is 1. The summed E-state index contributed by atoms with van der Waals surface area (Å²) in [6, 6.07) is 8.21. The Hall–Kier alpha value is -2.10. The number of thiophene rings is 1. The van der Waals surface area contributed by atoms with Gasteiger partial charge in [0.15, 0.2) is 0 Å². The van der Waals surface area contributed by atoms with Gasteiger partial charge >= 0.3 is 0 Å². The average Bonchev–Trinajstić information content (AvgIpc) is 3.33. The molecular weight excluding hydrogens is 365 g/mol. The summed E-state index contributed by atoms with van der Waals surface area (Å²) in [5, 5.41) is 9.96. The lowest BCUT2D eigenvalue weighted by Gasteiger charge is -2.21. The highest BCUT2D eigenvalue weighted by Gasteiger charge is 2.39. The van der Waals surface area contributed by atoms with Gasteiger partial charge in [-0.2, -0.15) is 4.31 Å². The maximum absolute atomic E-state index is 13.4. The van der Waals surface area contributed by atoms with Crippen LogP contribution in [0.25, 0.3) is 10.8 Å². The number of rotatable bonds is 4. The quantitative estimate of drug-likeness (QED) is 0.694. The second-order valence-corrected chi connectivity index (χ2v) is 8.49. The van der Waals surface area contributed by atoms with Crippen LogP contribution >= 0.6 is 11.3 Å². The van der Waals surface area contributed by atoms with E-state index in [-0.39, 0.29) is 10.8 Å². The highest BCUT2D eigenvalue weighted by molar-refractivity contribution is 7.89. The maximum Gasteiger partial charge on any atom is 0.257 e. The first kappa shape index (κ1) is 16.4. The minimum Gasteiger partial charge on any atom is -0.418 e. The van der Waals surface area contributed by atoms with E-state index in [0.717, 1.165) is 10.9 Å². The molecule has 1 aliphatic heterocycles. The predicted molar refractivity (Wildman–Crippen MR) is 89.9 cm³/mol. The molecule has 1 atom stereocenters. The molecule has 0 N–H and O–H groups in total. The Bertz CT molecular complexity index is 986. The SMILES string of the molecule is O=S(=O)(c1cccc(F)c1)N1CCC[C@H]1c1nnc(-c2cccs2)o1. The van der Waals surface area contributed by atoms with Gasteiger partial charge in [0.2, 0.25) is 15.9 Å². The molecule has 25 heavy (non-hydrogen) atoms. The second kappa shape index (κ2) is 6.32. The Balaban J connectivity index is 1.67. The first-order valence-corrected chi connectivity index (χ1v) is 10.0. The van der Waals surface area contributed by atoms with E-state index in [4.69, 9.17) is 4.42 Å². The summed E-state index contributed by atoms with van der Waals surface area (Å²) < 4.78 is 46.2. The molecule has 130 valence electrons. The second-order valence-electron chi connectivity index (χ2n) is 5.65. The van der Waals surface area contributed by atoms with Gasteiger partial charge in [-0.05, 0) is 42.5 Å². The number of benzene rings is 1. The molecule has 6 nitrogen and oxygen atoms in total. The summed E-state index contributed by atoms with van der Waals surface area (Å²) in [4.78, 5) is 0.758. The Morgan fingerprint density at radius 2 is 2.12 bits per heavy atom. The molecule has 1 saturated heterocycles. The van der Waals surface area contributed by atoms with Gasteiger partial charge in [0.25, 0.3) is 5.89 Å². The van der Waals surface area contributed by atoms with E-state index >= 15 is 0 Å². The van der Waals surface area contributed by atoms with Gasteiger partial charge in [-0.1, -0.05) is 12.1 Å². The third-order valence-electron chi connectivity index (χ3n) is 4.06. The van der Waals surface area contributed by atoms with Gasteiger partial charge < -0.3 is 4.42 Å². The number of nitrogens with zero attached hydrogens (tertiary/aromatic N) is 3. The van der Waals surface area contributed by atoms with Crippen LogP contribution < -0.4 is 0 Å². The molecule has 0 spiro atoms. The van der Waals surface area contributed by atoms with E-state index in [1.807, 2.05) is 17.5 Å². The van der Waals surface area contributed by atoms with Crippen molar-refractivity contribution < 1.29 is 17.2 Å². The lowest BCUT2D eigenvalue weighted by atomic mass is 10.2. The van der Waals surface area contributed by atoms with Crippen LogP contribution in [-0.2, 0) is 10.0 Å². The molecule has 0 unspecified atom stereocenters. The van der Waals surface area contributed by atoms with Crippen LogP contribution in [0.15, 0.2) is 51.1 Å². The summed E-state index contributed by atoms with van der Waals surface area (Å²) in [6.07, 6.45) is 1.26. The molecule has 0 aliphatic carbocycles. The van der Waals surface area contributed by atoms with Crippen LogP contribution in [-0.4, -0.2) is 29.5 Å². The standard InChI is InChI=1S/C16H14FN3O3S2/c17-11-4-1-5-12(10-11)25(21,22)20-8-2-6-13(20)15-18-19-16(23-15)14-7-3-9-24-14/h1,3-5,7,9-10,13H,2,6,8H2/t13-/m0/s1. The lowest BCUT2D eigenvalue weighted by molar-refractivity contribution is 0.332. The summed E-state index contributed by atoms with van der Waals surface area (Å²) >= 11 is 1.47. The van der Waals surface area contributed by atoms with E-state index in [9.17, 15) is 12.8 Å². The number of hydrogen-bond donors (Lipinski definition) is 0. The maximum atomic E-state index is 13.4. The molecule has 3 aromatic rings. The highest BCUT2D eigenvalue weighted by Crippen LogP contribution is 2.37. The monoisotopic (exact) mass is 379 g/mol. The van der Waals surface area contributed by atoms with Gasteiger partial charge in [-0.25, -0.2) is 12.8 Å². The first-order chi connectivity index (χ1) is 12.1. The molecule has 9 heteroatoms. The van der Waals surface area contributed by atoms with E-state index in [1.165, 1.54) is 33.8 Å². The van der Waals surface area contributed by atoms with E-state index in [0.29, 0.717) is 25.3 Å². The molecule has 1 fully saturated rings. The Morgan fingerprint density at radius 3 is 2.88 bits per heavy atom. The van der Waals surface area contributed by atoms with Crippen LogP contribution in [0.5, 0.6) is 0 Å². The Labute approximate surface area is 148 Å². The third kappa shape index (κ3) is 2.99. The summed E-state index contributed by atoms with van der Waals surface area (Å²) in [7, 11) is -3.83. The van der Waals surface area contributed by atoms with Crippen molar-refractivity contribution in [1.82, 2.24) is 14.5 Å². The van der Waals surface area contributed by atoms with Crippen molar-refractivity contribution in [3.63, 3.8) is 0 Å². The minimum atomic E-state index is -3.83. The zero-order valence-electron chi connectivity index (χ0n) is 13.0. The van der Waals surface area contributed by atoms with Crippen LogP contribution in [0.2, 0.25) is 0 Å². The van der Waals surface area contributed by atoms with Crippen molar-refractivity contribution in [1.29, 1.82) is 0 Å². The van der Waals surface area contributed by atoms with Crippen LogP contribution in [0.4, 0.5) is 4.39 Å². The minimum absolute atomic E-state index is 0.0719. The van der Waals surface area contributed by atoms with Crippen LogP contribution in [0, 0.1) is 5.82 Å². The molecule has 0 radical (unpaired) electrons. The Morgan fingerprint density at radius 1 is 1.24 bits per heavy atom.